The van der Waals surface area contributed by atoms with Crippen LogP contribution in [-0.4, -0.2) is 31.3 Å². The van der Waals surface area contributed by atoms with E-state index >= 15 is 0 Å². The first kappa shape index (κ1) is 12.8. The normalized spacial score (nSPS) is 19.7. The monoisotopic (exact) mass is 245 g/mol. The van der Waals surface area contributed by atoms with Gasteiger partial charge >= 0.3 is 0 Å². The molecule has 4 heteroatoms. The molecule has 0 radical (unpaired) electrons. The second kappa shape index (κ2) is 5.36. The van der Waals surface area contributed by atoms with Crippen molar-refractivity contribution in [2.24, 2.45) is 0 Å². The number of aryl methyl sites for hydroxylation is 2. The number of nitriles is 1. The molecule has 1 fully saturated rings. The molecule has 1 aromatic rings. The predicted molar refractivity (Wildman–Crippen MR) is 70.7 cm³/mol. The molecule has 0 saturated carbocycles. The largest absolute Gasteiger partial charge is 0.380 e. The zero-order valence-electron chi connectivity index (χ0n) is 11.2. The van der Waals surface area contributed by atoms with Gasteiger partial charge in [-0.05, 0) is 32.8 Å². The maximum atomic E-state index is 9.30. The van der Waals surface area contributed by atoms with Crippen LogP contribution >= 0.6 is 0 Å². The second-order valence-electron chi connectivity index (χ2n) is 4.80. The van der Waals surface area contributed by atoms with E-state index in [1.54, 1.807) is 7.11 Å². The van der Waals surface area contributed by atoms with Crippen molar-refractivity contribution in [3.8, 4) is 6.07 Å². The third-order valence-corrected chi connectivity index (χ3v) is 3.47. The zero-order valence-corrected chi connectivity index (χ0v) is 11.2. The molecule has 0 N–H and O–H groups in total. The summed E-state index contributed by atoms with van der Waals surface area (Å²) in [5.74, 6) is 0. The highest BCUT2D eigenvalue weighted by Gasteiger charge is 2.22. The van der Waals surface area contributed by atoms with Crippen LogP contribution in [0.3, 0.4) is 0 Å². The summed E-state index contributed by atoms with van der Waals surface area (Å²) < 4.78 is 5.44. The number of hydrogen-bond acceptors (Lipinski definition) is 4. The highest BCUT2D eigenvalue weighted by molar-refractivity contribution is 5.61. The van der Waals surface area contributed by atoms with Gasteiger partial charge in [-0.15, -0.1) is 0 Å². The van der Waals surface area contributed by atoms with Crippen LogP contribution in [0.25, 0.3) is 0 Å². The first-order valence-electron chi connectivity index (χ1n) is 6.31. The highest BCUT2D eigenvalue weighted by Crippen LogP contribution is 2.26. The fourth-order valence-electron chi connectivity index (χ4n) is 2.55. The molecule has 0 aliphatic carbocycles. The van der Waals surface area contributed by atoms with E-state index in [9.17, 15) is 5.26 Å². The molecule has 0 amide bonds. The van der Waals surface area contributed by atoms with Crippen LogP contribution < -0.4 is 4.90 Å². The molecule has 18 heavy (non-hydrogen) atoms. The van der Waals surface area contributed by atoms with E-state index in [0.29, 0.717) is 5.56 Å². The molecule has 1 atom stereocenters. The lowest BCUT2D eigenvalue weighted by molar-refractivity contribution is 0.0893. The lowest BCUT2D eigenvalue weighted by Crippen LogP contribution is -2.39. The molecule has 2 heterocycles. The summed E-state index contributed by atoms with van der Waals surface area (Å²) in [4.78, 5) is 6.61. The fourth-order valence-corrected chi connectivity index (χ4v) is 2.55. The summed E-state index contributed by atoms with van der Waals surface area (Å²) in [6, 6.07) is 4.28. The van der Waals surface area contributed by atoms with Crippen molar-refractivity contribution in [3.63, 3.8) is 0 Å². The summed E-state index contributed by atoms with van der Waals surface area (Å²) in [6.07, 6.45) is 2.46. The van der Waals surface area contributed by atoms with Gasteiger partial charge in [-0.3, -0.25) is 4.98 Å². The number of pyridine rings is 1. The van der Waals surface area contributed by atoms with E-state index < -0.39 is 0 Å². The van der Waals surface area contributed by atoms with Gasteiger partial charge in [0.25, 0.3) is 0 Å². The summed E-state index contributed by atoms with van der Waals surface area (Å²) in [5.41, 5.74) is 3.47. The molecule has 0 spiro atoms. The topological polar surface area (TPSA) is 49.1 Å². The van der Waals surface area contributed by atoms with Crippen molar-refractivity contribution in [1.29, 1.82) is 5.26 Å². The minimum atomic E-state index is 0.263. The molecule has 1 aliphatic rings. The Balaban J connectivity index is 2.35. The molecular formula is C14H19N3O. The number of anilines is 1. The van der Waals surface area contributed by atoms with Gasteiger partial charge in [0.2, 0.25) is 0 Å². The average Bonchev–Trinajstić information content (AvgIpc) is 2.38. The molecule has 2 rings (SSSR count). The number of ether oxygens (including phenoxy) is 1. The first-order valence-corrected chi connectivity index (χ1v) is 6.31. The molecule has 0 aromatic carbocycles. The van der Waals surface area contributed by atoms with Gasteiger partial charge in [0.15, 0.2) is 0 Å². The maximum absolute atomic E-state index is 9.30. The molecular weight excluding hydrogens is 226 g/mol. The molecule has 4 nitrogen and oxygen atoms in total. The van der Waals surface area contributed by atoms with Gasteiger partial charge in [-0.1, -0.05) is 0 Å². The minimum absolute atomic E-state index is 0.263. The highest BCUT2D eigenvalue weighted by atomic mass is 16.5. The van der Waals surface area contributed by atoms with E-state index in [0.717, 1.165) is 43.0 Å². The fraction of sp³-hybridized carbons (Fsp3) is 0.571. The van der Waals surface area contributed by atoms with Crippen LogP contribution in [0.2, 0.25) is 0 Å². The maximum Gasteiger partial charge on any atom is 0.103 e. The Hall–Kier alpha value is -1.60. The third-order valence-electron chi connectivity index (χ3n) is 3.47. The average molecular weight is 245 g/mol. The number of nitrogens with zero attached hydrogens (tertiary/aromatic N) is 3. The van der Waals surface area contributed by atoms with Gasteiger partial charge in [0.1, 0.15) is 6.07 Å². The molecule has 96 valence electrons. The summed E-state index contributed by atoms with van der Waals surface area (Å²) in [7, 11) is 1.75. The minimum Gasteiger partial charge on any atom is -0.380 e. The van der Waals surface area contributed by atoms with E-state index in [1.807, 2.05) is 19.9 Å². The number of hydrogen-bond donors (Lipinski definition) is 0. The van der Waals surface area contributed by atoms with Crippen molar-refractivity contribution in [2.75, 3.05) is 25.1 Å². The number of methoxy groups -OCH3 is 1. The van der Waals surface area contributed by atoms with Crippen molar-refractivity contribution >= 4 is 5.69 Å². The second-order valence-corrected chi connectivity index (χ2v) is 4.80. The Labute approximate surface area is 108 Å². The van der Waals surface area contributed by atoms with Crippen LogP contribution in [0.4, 0.5) is 5.69 Å². The van der Waals surface area contributed by atoms with Crippen LogP contribution in [0, 0.1) is 25.2 Å². The van der Waals surface area contributed by atoms with E-state index in [2.05, 4.69) is 16.0 Å². The lowest BCUT2D eigenvalue weighted by atomic mass is 10.0. The molecule has 1 unspecified atom stereocenters. The zero-order chi connectivity index (χ0) is 13.1. The summed E-state index contributed by atoms with van der Waals surface area (Å²) in [6.45, 7) is 5.70. The molecule has 1 aromatic heterocycles. The number of aromatic nitrogens is 1. The Bertz CT molecular complexity index is 479. The van der Waals surface area contributed by atoms with Gasteiger partial charge < -0.3 is 9.64 Å². The standard InChI is InChI=1S/C14H19N3O/c1-10-7-14(13(8-15)11(2)16-10)17-6-4-5-12(9-17)18-3/h7,12H,4-6,9H2,1-3H3. The molecule has 1 saturated heterocycles. The van der Waals surface area contributed by atoms with Crippen LogP contribution in [0.15, 0.2) is 6.07 Å². The van der Waals surface area contributed by atoms with E-state index in [4.69, 9.17) is 4.74 Å². The third kappa shape index (κ3) is 2.46. The summed E-state index contributed by atoms with van der Waals surface area (Å²) >= 11 is 0. The first-order chi connectivity index (χ1) is 8.65. The van der Waals surface area contributed by atoms with Gasteiger partial charge in [0, 0.05) is 25.9 Å². The SMILES string of the molecule is COC1CCCN(c2cc(C)nc(C)c2C#N)C1. The quantitative estimate of drug-likeness (QED) is 0.801. The summed E-state index contributed by atoms with van der Waals surface area (Å²) in [5, 5.41) is 9.30. The Kier molecular flexibility index (Phi) is 3.83. The van der Waals surface area contributed by atoms with Crippen molar-refractivity contribution in [2.45, 2.75) is 32.8 Å². The van der Waals surface area contributed by atoms with Gasteiger partial charge in [-0.25, -0.2) is 0 Å². The predicted octanol–water partition coefficient (Wildman–Crippen LogP) is 2.19. The van der Waals surface area contributed by atoms with Crippen molar-refractivity contribution in [3.05, 3.63) is 23.0 Å². The van der Waals surface area contributed by atoms with Crippen LogP contribution in [0.1, 0.15) is 29.8 Å². The molecule has 1 aliphatic heterocycles. The Morgan fingerprint density at radius 1 is 1.50 bits per heavy atom. The van der Waals surface area contributed by atoms with Crippen LogP contribution in [0.5, 0.6) is 0 Å². The Morgan fingerprint density at radius 2 is 2.28 bits per heavy atom. The molecule has 0 bridgehead atoms. The lowest BCUT2D eigenvalue weighted by Gasteiger charge is -2.34. The number of rotatable bonds is 2. The van der Waals surface area contributed by atoms with Gasteiger partial charge in [0.05, 0.1) is 23.0 Å². The van der Waals surface area contributed by atoms with Crippen molar-refractivity contribution < 1.29 is 4.74 Å². The van der Waals surface area contributed by atoms with Crippen LogP contribution in [-0.2, 0) is 4.74 Å². The van der Waals surface area contributed by atoms with E-state index in [-0.39, 0.29) is 6.10 Å². The van der Waals surface area contributed by atoms with Crippen molar-refractivity contribution in [1.82, 2.24) is 4.98 Å². The van der Waals surface area contributed by atoms with Gasteiger partial charge in [-0.2, -0.15) is 5.26 Å². The Morgan fingerprint density at radius 3 is 2.94 bits per heavy atom. The number of piperidine rings is 1. The van der Waals surface area contributed by atoms with E-state index in [1.165, 1.54) is 0 Å². The smallest absolute Gasteiger partial charge is 0.103 e.